The zero-order chi connectivity index (χ0) is 10.6. The van der Waals surface area contributed by atoms with Crippen LogP contribution in [0.2, 0.25) is 0 Å². The van der Waals surface area contributed by atoms with E-state index >= 15 is 0 Å². The van der Waals surface area contributed by atoms with Gasteiger partial charge in [-0.3, -0.25) is 4.79 Å². The minimum Gasteiger partial charge on any atom is -0.398 e. The Balaban J connectivity index is 2.99. The van der Waals surface area contributed by atoms with Crippen LogP contribution < -0.4 is 5.73 Å². The molecule has 0 atom stereocenters. The molecule has 0 spiro atoms. The van der Waals surface area contributed by atoms with Crippen LogP contribution in [0.5, 0.6) is 0 Å². The molecular weight excluding hydrogens is 310 g/mol. The minimum atomic E-state index is 0.0853. The van der Waals surface area contributed by atoms with E-state index in [-0.39, 0.29) is 5.78 Å². The van der Waals surface area contributed by atoms with Crippen LogP contribution in [0.3, 0.4) is 0 Å². The molecule has 1 rings (SSSR count). The molecule has 0 aliphatic carbocycles. The zero-order valence-electron chi connectivity index (χ0n) is 7.59. The second-order valence-corrected chi connectivity index (χ2v) is 4.27. The number of rotatable bonds is 4. The first-order valence-electron chi connectivity index (χ1n) is 4.22. The summed E-state index contributed by atoms with van der Waals surface area (Å²) >= 11 is 6.58. The Morgan fingerprint density at radius 1 is 1.36 bits per heavy atom. The summed E-state index contributed by atoms with van der Waals surface area (Å²) in [6.07, 6.45) is 0.482. The van der Waals surface area contributed by atoms with Crippen molar-refractivity contribution in [1.82, 2.24) is 0 Å². The Morgan fingerprint density at radius 3 is 2.64 bits per heavy atom. The fraction of sp³-hybridized carbons (Fsp3) is 0.300. The summed E-state index contributed by atoms with van der Waals surface area (Å²) < 4.78 is 0. The third kappa shape index (κ3) is 2.82. The normalized spacial score (nSPS) is 10.1. The Morgan fingerprint density at radius 2 is 2.07 bits per heavy atom. The third-order valence-electron chi connectivity index (χ3n) is 1.89. The van der Waals surface area contributed by atoms with Gasteiger partial charge in [-0.1, -0.05) is 37.9 Å². The van der Waals surface area contributed by atoms with Crippen molar-refractivity contribution in [3.63, 3.8) is 0 Å². The number of nitrogens with two attached hydrogens (primary N) is 1. The maximum Gasteiger partial charge on any atom is 0.165 e. The Bertz CT molecular complexity index is 339. The number of halogens is 2. The van der Waals surface area contributed by atoms with Crippen molar-refractivity contribution in [3.05, 3.63) is 29.3 Å². The van der Waals surface area contributed by atoms with Crippen LogP contribution in [0, 0.1) is 0 Å². The molecule has 0 aromatic heterocycles. The highest BCUT2D eigenvalue weighted by molar-refractivity contribution is 9.09. The van der Waals surface area contributed by atoms with Gasteiger partial charge in [0, 0.05) is 28.3 Å². The molecular formula is C10H11Br2NO. The van der Waals surface area contributed by atoms with Crippen molar-refractivity contribution in [1.29, 1.82) is 0 Å². The fourth-order valence-corrected chi connectivity index (χ4v) is 1.86. The van der Waals surface area contributed by atoms with Crippen molar-refractivity contribution in [3.8, 4) is 0 Å². The first kappa shape index (κ1) is 11.7. The highest BCUT2D eigenvalue weighted by Crippen LogP contribution is 2.18. The standard InChI is InChI=1S/C10H11Br2NO/c11-4-3-10(14)8-5-7(6-12)1-2-9(8)13/h1-2,5H,3-4,6,13H2. The lowest BCUT2D eigenvalue weighted by Crippen LogP contribution is -2.04. The van der Waals surface area contributed by atoms with Gasteiger partial charge in [-0.05, 0) is 17.7 Å². The molecule has 1 aromatic carbocycles. The van der Waals surface area contributed by atoms with Gasteiger partial charge in [-0.25, -0.2) is 0 Å². The van der Waals surface area contributed by atoms with Crippen molar-refractivity contribution >= 4 is 43.3 Å². The van der Waals surface area contributed by atoms with Crippen molar-refractivity contribution in [2.75, 3.05) is 11.1 Å². The first-order valence-corrected chi connectivity index (χ1v) is 6.47. The van der Waals surface area contributed by atoms with Gasteiger partial charge in [-0.2, -0.15) is 0 Å². The van der Waals surface area contributed by atoms with Gasteiger partial charge < -0.3 is 5.73 Å². The van der Waals surface area contributed by atoms with Crippen LogP contribution in [0.25, 0.3) is 0 Å². The first-order chi connectivity index (χ1) is 6.69. The quantitative estimate of drug-likeness (QED) is 0.526. The number of carbonyl (C=O) groups is 1. The molecule has 2 N–H and O–H groups in total. The number of hydrogen-bond acceptors (Lipinski definition) is 2. The molecule has 0 aliphatic heterocycles. The maximum atomic E-state index is 11.6. The fourth-order valence-electron chi connectivity index (χ4n) is 1.15. The number of hydrogen-bond donors (Lipinski definition) is 1. The molecule has 0 bridgehead atoms. The summed E-state index contributed by atoms with van der Waals surface area (Å²) in [4.78, 5) is 11.6. The highest BCUT2D eigenvalue weighted by atomic mass is 79.9. The lowest BCUT2D eigenvalue weighted by atomic mass is 10.0. The van der Waals surface area contributed by atoms with Gasteiger partial charge in [-0.15, -0.1) is 0 Å². The number of Topliss-reactive ketones (excluding diaryl/α,β-unsaturated/α-hetero) is 1. The number of anilines is 1. The van der Waals surface area contributed by atoms with Gasteiger partial charge in [0.05, 0.1) is 0 Å². The maximum absolute atomic E-state index is 11.6. The predicted octanol–water partition coefficient (Wildman–Crippen LogP) is 3.13. The van der Waals surface area contributed by atoms with E-state index < -0.39 is 0 Å². The summed E-state index contributed by atoms with van der Waals surface area (Å²) in [5, 5.41) is 1.41. The predicted molar refractivity (Wildman–Crippen MR) is 66.2 cm³/mol. The minimum absolute atomic E-state index is 0.0853. The number of benzene rings is 1. The summed E-state index contributed by atoms with van der Waals surface area (Å²) in [5.74, 6) is 0.0853. The molecule has 0 unspecified atom stereocenters. The molecule has 4 heteroatoms. The Kier molecular flexibility index (Phi) is 4.62. The summed E-state index contributed by atoms with van der Waals surface area (Å²) in [6, 6.07) is 5.53. The summed E-state index contributed by atoms with van der Waals surface area (Å²) in [7, 11) is 0. The highest BCUT2D eigenvalue weighted by Gasteiger charge is 2.09. The van der Waals surface area contributed by atoms with E-state index in [1.54, 1.807) is 6.07 Å². The molecule has 1 aromatic rings. The SMILES string of the molecule is Nc1ccc(CBr)cc1C(=O)CCBr. The van der Waals surface area contributed by atoms with Gasteiger partial charge >= 0.3 is 0 Å². The van der Waals surface area contributed by atoms with E-state index in [0.29, 0.717) is 23.0 Å². The molecule has 2 nitrogen and oxygen atoms in total. The monoisotopic (exact) mass is 319 g/mol. The number of nitrogen functional groups attached to an aromatic ring is 1. The molecule has 0 fully saturated rings. The molecule has 14 heavy (non-hydrogen) atoms. The summed E-state index contributed by atoms with van der Waals surface area (Å²) in [6.45, 7) is 0. The third-order valence-corrected chi connectivity index (χ3v) is 2.94. The van der Waals surface area contributed by atoms with Crippen LogP contribution in [0.4, 0.5) is 5.69 Å². The average molecular weight is 321 g/mol. The van der Waals surface area contributed by atoms with Crippen molar-refractivity contribution < 1.29 is 4.79 Å². The van der Waals surface area contributed by atoms with Gasteiger partial charge in [0.25, 0.3) is 0 Å². The van der Waals surface area contributed by atoms with Crippen LogP contribution in [-0.2, 0) is 5.33 Å². The average Bonchev–Trinajstić information content (AvgIpc) is 2.19. The number of carbonyl (C=O) groups excluding carboxylic acids is 1. The molecule has 0 saturated heterocycles. The molecule has 76 valence electrons. The van der Waals surface area contributed by atoms with Gasteiger partial charge in [0.2, 0.25) is 0 Å². The molecule has 0 amide bonds. The summed E-state index contributed by atoms with van der Waals surface area (Å²) in [5.41, 5.74) is 7.97. The van der Waals surface area contributed by atoms with E-state index in [9.17, 15) is 4.79 Å². The van der Waals surface area contributed by atoms with Crippen LogP contribution in [0.1, 0.15) is 22.3 Å². The Labute approximate surface area is 100 Å². The molecule has 0 aliphatic rings. The van der Waals surface area contributed by atoms with E-state index in [1.807, 2.05) is 12.1 Å². The van der Waals surface area contributed by atoms with Crippen molar-refractivity contribution in [2.45, 2.75) is 11.8 Å². The number of ketones is 1. The van der Waals surface area contributed by atoms with E-state index in [1.165, 1.54) is 0 Å². The van der Waals surface area contributed by atoms with E-state index in [4.69, 9.17) is 5.73 Å². The molecule has 0 heterocycles. The van der Waals surface area contributed by atoms with Gasteiger partial charge in [0.1, 0.15) is 0 Å². The smallest absolute Gasteiger partial charge is 0.165 e. The van der Waals surface area contributed by atoms with Gasteiger partial charge in [0.15, 0.2) is 5.78 Å². The lowest BCUT2D eigenvalue weighted by Gasteiger charge is -2.05. The van der Waals surface area contributed by atoms with Crippen LogP contribution >= 0.6 is 31.9 Å². The van der Waals surface area contributed by atoms with Crippen molar-refractivity contribution in [2.24, 2.45) is 0 Å². The second-order valence-electron chi connectivity index (χ2n) is 2.92. The largest absolute Gasteiger partial charge is 0.398 e. The van der Waals surface area contributed by atoms with Crippen LogP contribution in [0.15, 0.2) is 18.2 Å². The number of alkyl halides is 2. The van der Waals surface area contributed by atoms with E-state index in [0.717, 1.165) is 10.9 Å². The van der Waals surface area contributed by atoms with E-state index in [2.05, 4.69) is 31.9 Å². The molecule has 0 saturated carbocycles. The van der Waals surface area contributed by atoms with Crippen LogP contribution in [-0.4, -0.2) is 11.1 Å². The lowest BCUT2D eigenvalue weighted by molar-refractivity contribution is 0.0990. The second kappa shape index (κ2) is 5.51. The topological polar surface area (TPSA) is 43.1 Å². The molecule has 0 radical (unpaired) electrons. The Hall–Kier alpha value is -0.350. The zero-order valence-corrected chi connectivity index (χ0v) is 10.8.